The molecule has 2 nitrogen and oxygen atoms in total. The van der Waals surface area contributed by atoms with Gasteiger partial charge in [-0.2, -0.15) is 0 Å². The number of hydrogen-bond donors (Lipinski definition) is 1. The fourth-order valence-corrected chi connectivity index (χ4v) is 0.442. The van der Waals surface area contributed by atoms with Crippen LogP contribution in [0.2, 0.25) is 0 Å². The zero-order valence-corrected chi connectivity index (χ0v) is 6.49. The van der Waals surface area contributed by atoms with Crippen LogP contribution in [-0.2, 0) is 4.79 Å². The first kappa shape index (κ1) is 8.47. The van der Waals surface area contributed by atoms with Crippen molar-refractivity contribution >= 4 is 5.91 Å². The van der Waals surface area contributed by atoms with Crippen LogP contribution in [0, 0.1) is 6.42 Å². The maximum absolute atomic E-state index is 10.7. The molecule has 1 amide bonds. The Balaban J connectivity index is 3.60. The third kappa shape index (κ3) is 5.34. The van der Waals surface area contributed by atoms with Crippen molar-refractivity contribution in [2.24, 2.45) is 0 Å². The van der Waals surface area contributed by atoms with Crippen LogP contribution in [0.1, 0.15) is 27.7 Å². The molecule has 0 unspecified atom stereocenters. The van der Waals surface area contributed by atoms with Crippen molar-refractivity contribution in [3.8, 4) is 0 Å². The van der Waals surface area contributed by atoms with Gasteiger partial charge in [0.2, 0.25) is 5.91 Å². The van der Waals surface area contributed by atoms with E-state index in [1.54, 1.807) is 6.92 Å². The normalized spacial score (nSPS) is 11.1. The highest BCUT2D eigenvalue weighted by atomic mass is 16.1. The molecule has 0 aromatic heterocycles. The monoisotopic (exact) mass is 128 g/mol. The predicted octanol–water partition coefficient (Wildman–Crippen LogP) is 1.13. The Morgan fingerprint density at radius 3 is 2.00 bits per heavy atom. The highest BCUT2D eigenvalue weighted by Gasteiger charge is 2.11. The summed E-state index contributed by atoms with van der Waals surface area (Å²) in [5, 5.41) is 2.77. The van der Waals surface area contributed by atoms with E-state index in [9.17, 15) is 4.79 Å². The second-order valence-electron chi connectivity index (χ2n) is 3.03. The Bertz CT molecular complexity index is 102. The molecule has 0 bridgehead atoms. The quantitative estimate of drug-likeness (QED) is 0.563. The molecule has 0 aliphatic heterocycles. The minimum Gasteiger partial charge on any atom is -0.351 e. The standard InChI is InChI=1S/C7H14NO/c1-5-6(9)8-7(2,3)4/h5H,1-4H3,(H,8,9). The molecule has 0 saturated carbocycles. The van der Waals surface area contributed by atoms with Crippen LogP contribution >= 0.6 is 0 Å². The lowest BCUT2D eigenvalue weighted by molar-refractivity contribution is -0.119. The fraction of sp³-hybridized carbons (Fsp3) is 0.714. The summed E-state index contributed by atoms with van der Waals surface area (Å²) in [6.45, 7) is 7.58. The number of carbonyl (C=O) groups excluding carboxylic acids is 1. The van der Waals surface area contributed by atoms with Crippen LogP contribution in [-0.4, -0.2) is 11.4 Å². The van der Waals surface area contributed by atoms with E-state index in [-0.39, 0.29) is 11.4 Å². The molecule has 1 radical (unpaired) electrons. The summed E-state index contributed by atoms with van der Waals surface area (Å²) < 4.78 is 0. The summed E-state index contributed by atoms with van der Waals surface area (Å²) in [5.74, 6) is -0.0116. The van der Waals surface area contributed by atoms with E-state index < -0.39 is 0 Å². The zero-order chi connectivity index (χ0) is 7.49. The molecule has 0 saturated heterocycles. The van der Waals surface area contributed by atoms with Gasteiger partial charge in [-0.15, -0.1) is 0 Å². The van der Waals surface area contributed by atoms with Crippen molar-refractivity contribution in [1.82, 2.24) is 5.32 Å². The molecule has 0 rings (SSSR count). The van der Waals surface area contributed by atoms with Gasteiger partial charge in [-0.05, 0) is 20.8 Å². The van der Waals surface area contributed by atoms with Crippen LogP contribution < -0.4 is 5.32 Å². The molecule has 0 aliphatic rings. The van der Waals surface area contributed by atoms with Gasteiger partial charge in [0.25, 0.3) is 0 Å². The molecule has 0 heterocycles. The Kier molecular flexibility index (Phi) is 2.68. The van der Waals surface area contributed by atoms with Gasteiger partial charge < -0.3 is 5.32 Å². The SMILES string of the molecule is C[CH]C(=O)NC(C)(C)C. The summed E-state index contributed by atoms with van der Waals surface area (Å²) in [4.78, 5) is 10.7. The maximum atomic E-state index is 10.7. The first-order chi connectivity index (χ1) is 3.95. The van der Waals surface area contributed by atoms with E-state index in [1.165, 1.54) is 6.42 Å². The summed E-state index contributed by atoms with van der Waals surface area (Å²) in [6.07, 6.45) is 1.52. The largest absolute Gasteiger partial charge is 0.351 e. The number of amides is 1. The van der Waals surface area contributed by atoms with Crippen molar-refractivity contribution < 1.29 is 4.79 Å². The van der Waals surface area contributed by atoms with Crippen LogP contribution in [0.5, 0.6) is 0 Å². The lowest BCUT2D eigenvalue weighted by atomic mass is 10.1. The van der Waals surface area contributed by atoms with Crippen LogP contribution in [0.4, 0.5) is 0 Å². The number of nitrogens with one attached hydrogen (secondary N) is 1. The summed E-state index contributed by atoms with van der Waals surface area (Å²) >= 11 is 0. The molecule has 9 heavy (non-hydrogen) atoms. The molecule has 53 valence electrons. The van der Waals surface area contributed by atoms with E-state index in [2.05, 4.69) is 5.32 Å². The lowest BCUT2D eigenvalue weighted by Gasteiger charge is -2.19. The van der Waals surface area contributed by atoms with Crippen LogP contribution in [0.3, 0.4) is 0 Å². The first-order valence-corrected chi connectivity index (χ1v) is 3.07. The lowest BCUT2D eigenvalue weighted by Crippen LogP contribution is -2.40. The van der Waals surface area contributed by atoms with Gasteiger partial charge in [-0.1, -0.05) is 6.92 Å². The second-order valence-corrected chi connectivity index (χ2v) is 3.03. The maximum Gasteiger partial charge on any atom is 0.224 e. The smallest absolute Gasteiger partial charge is 0.224 e. The van der Waals surface area contributed by atoms with Crippen molar-refractivity contribution in [2.45, 2.75) is 33.2 Å². The third-order valence-corrected chi connectivity index (χ3v) is 0.760. The Morgan fingerprint density at radius 2 is 1.89 bits per heavy atom. The number of rotatable bonds is 1. The number of hydrogen-bond acceptors (Lipinski definition) is 1. The Labute approximate surface area is 56.6 Å². The molecule has 0 aromatic carbocycles. The highest BCUT2D eigenvalue weighted by Crippen LogP contribution is 1.97. The Morgan fingerprint density at radius 1 is 1.44 bits per heavy atom. The molecule has 0 aromatic rings. The molecule has 0 atom stereocenters. The topological polar surface area (TPSA) is 29.1 Å². The molecule has 1 N–H and O–H groups in total. The minimum absolute atomic E-state index is 0.0116. The van der Waals surface area contributed by atoms with Gasteiger partial charge >= 0.3 is 0 Å². The van der Waals surface area contributed by atoms with Crippen molar-refractivity contribution in [3.63, 3.8) is 0 Å². The molecular formula is C7H14NO. The predicted molar refractivity (Wildman–Crippen MR) is 37.9 cm³/mol. The van der Waals surface area contributed by atoms with Gasteiger partial charge in [0.05, 0.1) is 0 Å². The molecule has 0 fully saturated rings. The van der Waals surface area contributed by atoms with Gasteiger partial charge in [-0.25, -0.2) is 0 Å². The van der Waals surface area contributed by atoms with Gasteiger partial charge in [0.15, 0.2) is 0 Å². The average Bonchev–Trinajstić information content (AvgIpc) is 1.62. The van der Waals surface area contributed by atoms with Crippen molar-refractivity contribution in [1.29, 1.82) is 0 Å². The summed E-state index contributed by atoms with van der Waals surface area (Å²) in [5.41, 5.74) is -0.108. The zero-order valence-electron chi connectivity index (χ0n) is 6.49. The molecule has 2 heteroatoms. The van der Waals surface area contributed by atoms with E-state index >= 15 is 0 Å². The van der Waals surface area contributed by atoms with E-state index in [4.69, 9.17) is 0 Å². The highest BCUT2D eigenvalue weighted by molar-refractivity contribution is 5.84. The fourth-order valence-electron chi connectivity index (χ4n) is 0.442. The van der Waals surface area contributed by atoms with Crippen molar-refractivity contribution in [2.75, 3.05) is 0 Å². The molecule has 0 spiro atoms. The van der Waals surface area contributed by atoms with Crippen LogP contribution in [0.15, 0.2) is 0 Å². The third-order valence-electron chi connectivity index (χ3n) is 0.760. The second kappa shape index (κ2) is 2.85. The first-order valence-electron chi connectivity index (χ1n) is 3.07. The Hall–Kier alpha value is -0.530. The molecule has 0 aliphatic carbocycles. The van der Waals surface area contributed by atoms with E-state index in [0.717, 1.165) is 0 Å². The van der Waals surface area contributed by atoms with E-state index in [0.29, 0.717) is 0 Å². The van der Waals surface area contributed by atoms with Gasteiger partial charge in [0.1, 0.15) is 0 Å². The summed E-state index contributed by atoms with van der Waals surface area (Å²) in [6, 6.07) is 0. The summed E-state index contributed by atoms with van der Waals surface area (Å²) in [7, 11) is 0. The van der Waals surface area contributed by atoms with Crippen LogP contribution in [0.25, 0.3) is 0 Å². The average molecular weight is 128 g/mol. The van der Waals surface area contributed by atoms with Crippen molar-refractivity contribution in [3.05, 3.63) is 6.42 Å². The molecular weight excluding hydrogens is 114 g/mol. The minimum atomic E-state index is -0.108. The van der Waals surface area contributed by atoms with Gasteiger partial charge in [0, 0.05) is 12.0 Å². The van der Waals surface area contributed by atoms with Gasteiger partial charge in [-0.3, -0.25) is 4.79 Å². The van der Waals surface area contributed by atoms with E-state index in [1.807, 2.05) is 20.8 Å². The number of carbonyl (C=O) groups is 1.